The zero-order valence-electron chi connectivity index (χ0n) is 10.5. The van der Waals surface area contributed by atoms with Gasteiger partial charge in [-0.1, -0.05) is 0 Å². The summed E-state index contributed by atoms with van der Waals surface area (Å²) >= 11 is 0. The third kappa shape index (κ3) is 2.18. The molecule has 5 N–H and O–H groups in total. The van der Waals surface area contributed by atoms with Gasteiger partial charge in [0, 0.05) is 11.6 Å². The first-order valence-electron chi connectivity index (χ1n) is 5.63. The van der Waals surface area contributed by atoms with Crippen molar-refractivity contribution < 1.29 is 30.3 Å². The molecule has 104 valence electrons. The Morgan fingerprint density at radius 2 is 1.35 bits per heavy atom. The van der Waals surface area contributed by atoms with Crippen LogP contribution in [-0.4, -0.2) is 31.3 Å². The van der Waals surface area contributed by atoms with E-state index in [2.05, 4.69) is 0 Å². The summed E-state index contributed by atoms with van der Waals surface area (Å²) in [7, 11) is 0. The molecule has 0 atom stereocenters. The monoisotopic (exact) mass is 276 g/mol. The molecule has 2 aromatic rings. The Morgan fingerprint density at radius 3 is 1.90 bits per heavy atom. The van der Waals surface area contributed by atoms with Crippen LogP contribution in [0.2, 0.25) is 0 Å². The highest BCUT2D eigenvalue weighted by Gasteiger charge is 2.21. The van der Waals surface area contributed by atoms with Crippen molar-refractivity contribution >= 4 is 5.78 Å². The van der Waals surface area contributed by atoms with E-state index in [1.54, 1.807) is 0 Å². The van der Waals surface area contributed by atoms with Gasteiger partial charge in [-0.3, -0.25) is 4.79 Å². The summed E-state index contributed by atoms with van der Waals surface area (Å²) in [6.07, 6.45) is 0. The van der Waals surface area contributed by atoms with Crippen molar-refractivity contribution in [3.63, 3.8) is 0 Å². The second-order valence-corrected chi connectivity index (χ2v) is 4.35. The molecule has 0 bridgehead atoms. The smallest absolute Gasteiger partial charge is 0.201 e. The van der Waals surface area contributed by atoms with Crippen molar-refractivity contribution in [3.8, 4) is 28.7 Å². The maximum absolute atomic E-state index is 12.2. The maximum Gasteiger partial charge on any atom is 0.201 e. The molecule has 0 aliphatic rings. The molecule has 0 aliphatic heterocycles. The zero-order valence-corrected chi connectivity index (χ0v) is 10.5. The minimum absolute atomic E-state index is 0.0673. The van der Waals surface area contributed by atoms with Crippen LogP contribution in [0.4, 0.5) is 0 Å². The number of phenols is 5. The number of benzene rings is 2. The zero-order chi connectivity index (χ0) is 15.0. The molecule has 0 amide bonds. The number of rotatable bonds is 2. The Kier molecular flexibility index (Phi) is 3.15. The third-order valence-electron chi connectivity index (χ3n) is 2.85. The van der Waals surface area contributed by atoms with Gasteiger partial charge in [-0.15, -0.1) is 0 Å². The predicted octanol–water partition coefficient (Wildman–Crippen LogP) is 1.75. The molecule has 0 aromatic heterocycles. The van der Waals surface area contributed by atoms with Crippen LogP contribution < -0.4 is 0 Å². The van der Waals surface area contributed by atoms with Crippen LogP contribution in [0.25, 0.3) is 0 Å². The van der Waals surface area contributed by atoms with Crippen LogP contribution in [0.15, 0.2) is 24.3 Å². The standard InChI is InChI=1S/C14H12O6/c1-6-2-10(13(19)14(20)11(6)17)12(18)7-3-8(15)5-9(16)4-7/h2-5,15-17,19-20H,1H3. The summed E-state index contributed by atoms with van der Waals surface area (Å²) < 4.78 is 0. The van der Waals surface area contributed by atoms with Gasteiger partial charge in [0.05, 0.1) is 5.56 Å². The molecule has 6 heteroatoms. The minimum atomic E-state index is -0.794. The third-order valence-corrected chi connectivity index (χ3v) is 2.85. The lowest BCUT2D eigenvalue weighted by Gasteiger charge is -2.10. The number of ketones is 1. The van der Waals surface area contributed by atoms with Crippen molar-refractivity contribution in [2.75, 3.05) is 0 Å². The van der Waals surface area contributed by atoms with Gasteiger partial charge in [0.1, 0.15) is 11.5 Å². The molecule has 0 radical (unpaired) electrons. The first-order valence-corrected chi connectivity index (χ1v) is 5.63. The molecule has 0 heterocycles. The van der Waals surface area contributed by atoms with Crippen LogP contribution in [0.1, 0.15) is 21.5 Å². The van der Waals surface area contributed by atoms with Gasteiger partial charge in [-0.05, 0) is 30.7 Å². The largest absolute Gasteiger partial charge is 0.508 e. The topological polar surface area (TPSA) is 118 Å². The van der Waals surface area contributed by atoms with Crippen molar-refractivity contribution in [2.45, 2.75) is 6.92 Å². The molecule has 2 rings (SSSR count). The van der Waals surface area contributed by atoms with E-state index in [0.29, 0.717) is 0 Å². The lowest BCUT2D eigenvalue weighted by molar-refractivity contribution is 0.103. The Labute approximate surface area is 113 Å². The van der Waals surface area contributed by atoms with Gasteiger partial charge in [0.15, 0.2) is 17.3 Å². The Balaban J connectivity index is 2.59. The van der Waals surface area contributed by atoms with Gasteiger partial charge in [0.2, 0.25) is 5.75 Å². The van der Waals surface area contributed by atoms with Crippen molar-refractivity contribution in [2.24, 2.45) is 0 Å². The van der Waals surface area contributed by atoms with E-state index in [0.717, 1.165) is 18.2 Å². The highest BCUT2D eigenvalue weighted by Crippen LogP contribution is 2.41. The van der Waals surface area contributed by atoms with E-state index < -0.39 is 23.0 Å². The van der Waals surface area contributed by atoms with Crippen LogP contribution in [0.3, 0.4) is 0 Å². The number of aromatic hydroxyl groups is 5. The molecule has 0 fully saturated rings. The van der Waals surface area contributed by atoms with E-state index in [9.17, 15) is 30.3 Å². The lowest BCUT2D eigenvalue weighted by atomic mass is 9.99. The molecule has 0 unspecified atom stereocenters. The highest BCUT2D eigenvalue weighted by molar-refractivity contribution is 6.11. The predicted molar refractivity (Wildman–Crippen MR) is 69.4 cm³/mol. The summed E-state index contributed by atoms with van der Waals surface area (Å²) in [4.78, 5) is 12.2. The number of carbonyl (C=O) groups excluding carboxylic acids is 1. The minimum Gasteiger partial charge on any atom is -0.508 e. The van der Waals surface area contributed by atoms with Gasteiger partial charge >= 0.3 is 0 Å². The summed E-state index contributed by atoms with van der Waals surface area (Å²) in [6.45, 7) is 1.45. The van der Waals surface area contributed by atoms with Crippen LogP contribution >= 0.6 is 0 Å². The van der Waals surface area contributed by atoms with Crippen molar-refractivity contribution in [1.82, 2.24) is 0 Å². The molecule has 0 saturated carbocycles. The van der Waals surface area contributed by atoms with Gasteiger partial charge in [-0.2, -0.15) is 0 Å². The van der Waals surface area contributed by atoms with Crippen LogP contribution in [0, 0.1) is 6.92 Å². The summed E-state index contributed by atoms with van der Waals surface area (Å²) in [5.74, 6) is -3.41. The molecule has 0 aliphatic carbocycles. The number of carbonyl (C=O) groups is 1. The van der Waals surface area contributed by atoms with Gasteiger partial charge < -0.3 is 25.5 Å². The highest BCUT2D eigenvalue weighted by atomic mass is 16.3. The van der Waals surface area contributed by atoms with E-state index in [1.807, 2.05) is 0 Å². The lowest BCUT2D eigenvalue weighted by Crippen LogP contribution is -2.02. The molecular formula is C14H12O6. The molecule has 20 heavy (non-hydrogen) atoms. The fourth-order valence-electron chi connectivity index (χ4n) is 1.83. The summed E-state index contributed by atoms with van der Waals surface area (Å²) in [5.41, 5.74) is -0.113. The first kappa shape index (κ1) is 13.5. The first-order chi connectivity index (χ1) is 9.31. The second-order valence-electron chi connectivity index (χ2n) is 4.35. The Hall–Kier alpha value is -2.89. The fraction of sp³-hybridized carbons (Fsp3) is 0.0714. The van der Waals surface area contributed by atoms with Crippen LogP contribution in [0.5, 0.6) is 28.7 Å². The molecular weight excluding hydrogens is 264 g/mol. The van der Waals surface area contributed by atoms with E-state index in [1.165, 1.54) is 13.0 Å². The van der Waals surface area contributed by atoms with Gasteiger partial charge in [0.25, 0.3) is 0 Å². The number of aryl methyl sites for hydroxylation is 1. The normalized spacial score (nSPS) is 10.4. The Bertz CT molecular complexity index is 685. The molecule has 6 nitrogen and oxygen atoms in total. The quantitative estimate of drug-likeness (QED) is 0.421. The van der Waals surface area contributed by atoms with E-state index >= 15 is 0 Å². The average molecular weight is 276 g/mol. The fourth-order valence-corrected chi connectivity index (χ4v) is 1.83. The SMILES string of the molecule is Cc1cc(C(=O)c2cc(O)cc(O)c2)c(O)c(O)c1O. The molecule has 0 saturated heterocycles. The number of hydrogen-bond acceptors (Lipinski definition) is 6. The van der Waals surface area contributed by atoms with Crippen LogP contribution in [-0.2, 0) is 0 Å². The van der Waals surface area contributed by atoms with Crippen molar-refractivity contribution in [3.05, 3.63) is 41.0 Å². The molecule has 0 spiro atoms. The average Bonchev–Trinajstić information content (AvgIpc) is 2.38. The summed E-state index contributed by atoms with van der Waals surface area (Å²) in [6, 6.07) is 4.48. The second kappa shape index (κ2) is 4.65. The number of hydrogen-bond donors (Lipinski definition) is 5. The van der Waals surface area contributed by atoms with E-state index in [-0.39, 0.29) is 28.2 Å². The Morgan fingerprint density at radius 1 is 0.800 bits per heavy atom. The van der Waals surface area contributed by atoms with Gasteiger partial charge in [-0.25, -0.2) is 0 Å². The number of phenolic OH excluding ortho intramolecular Hbond substituents is 5. The maximum atomic E-state index is 12.2. The van der Waals surface area contributed by atoms with Crippen molar-refractivity contribution in [1.29, 1.82) is 0 Å². The molecule has 2 aromatic carbocycles. The summed E-state index contributed by atoms with van der Waals surface area (Å²) in [5, 5.41) is 47.4. The van der Waals surface area contributed by atoms with E-state index in [4.69, 9.17) is 0 Å².